The van der Waals surface area contributed by atoms with Crippen LogP contribution in [0.15, 0.2) is 73.3 Å². The Bertz CT molecular complexity index is 1730. The Hall–Kier alpha value is -4.84. The van der Waals surface area contributed by atoms with Crippen molar-refractivity contribution in [3.63, 3.8) is 0 Å². The normalized spacial score (nSPS) is 14.2. The van der Waals surface area contributed by atoms with Crippen LogP contribution < -0.4 is 14.8 Å². The van der Waals surface area contributed by atoms with Gasteiger partial charge in [0.15, 0.2) is 5.65 Å². The summed E-state index contributed by atoms with van der Waals surface area (Å²) in [6.07, 6.45) is 8.54. The summed E-state index contributed by atoms with van der Waals surface area (Å²) < 4.78 is 40.7. The van der Waals surface area contributed by atoms with Crippen molar-refractivity contribution in [3.8, 4) is 28.5 Å². The predicted octanol–water partition coefficient (Wildman–Crippen LogP) is 5.63. The van der Waals surface area contributed by atoms with Crippen molar-refractivity contribution >= 4 is 17.2 Å². The van der Waals surface area contributed by atoms with Gasteiger partial charge in [-0.25, -0.2) is 9.50 Å². The second kappa shape index (κ2) is 10.6. The SMILES string of the molecule is CCn1cc(NC(=O)c2cnn3cccnc23)c(-c2cc(Oc3cccc(C4(O)CCC4)c3)ccc2OC(F)F)n1. The van der Waals surface area contributed by atoms with Crippen molar-refractivity contribution < 1.29 is 28.2 Å². The lowest BCUT2D eigenvalue weighted by molar-refractivity contribution is -0.0495. The first-order valence-electron chi connectivity index (χ1n) is 13.1. The summed E-state index contributed by atoms with van der Waals surface area (Å²) in [5.41, 5.74) is 1.16. The maximum Gasteiger partial charge on any atom is 0.387 e. The molecule has 0 spiro atoms. The number of nitrogens with zero attached hydrogens (tertiary/aromatic N) is 5. The molecule has 2 N–H and O–H groups in total. The third-order valence-corrected chi connectivity index (χ3v) is 7.07. The molecule has 0 radical (unpaired) electrons. The molecule has 12 heteroatoms. The van der Waals surface area contributed by atoms with Crippen LogP contribution in [0, 0.1) is 0 Å². The minimum absolute atomic E-state index is 0.139. The molecule has 1 saturated carbocycles. The average Bonchev–Trinajstić information content (AvgIpc) is 3.56. The fourth-order valence-corrected chi connectivity index (χ4v) is 4.79. The van der Waals surface area contributed by atoms with Crippen molar-refractivity contribution in [2.45, 2.75) is 44.9 Å². The number of ether oxygens (including phenoxy) is 2. The van der Waals surface area contributed by atoms with Crippen molar-refractivity contribution in [1.82, 2.24) is 24.4 Å². The Morgan fingerprint density at radius 3 is 2.76 bits per heavy atom. The Balaban J connectivity index is 1.36. The number of aliphatic hydroxyl groups is 1. The molecule has 10 nitrogen and oxygen atoms in total. The number of halogens is 2. The molecule has 1 aliphatic rings. The molecule has 1 fully saturated rings. The maximum absolute atomic E-state index is 13.4. The Kier molecular flexibility index (Phi) is 6.83. The van der Waals surface area contributed by atoms with Crippen LogP contribution >= 0.6 is 0 Å². The van der Waals surface area contributed by atoms with Crippen LogP contribution in [0.1, 0.15) is 42.1 Å². The summed E-state index contributed by atoms with van der Waals surface area (Å²) in [6.45, 7) is -0.772. The highest BCUT2D eigenvalue weighted by Gasteiger charge is 2.36. The van der Waals surface area contributed by atoms with Crippen molar-refractivity contribution in [3.05, 3.63) is 84.4 Å². The molecule has 0 bridgehead atoms. The van der Waals surface area contributed by atoms with E-state index in [-0.39, 0.29) is 28.3 Å². The Morgan fingerprint density at radius 2 is 2.00 bits per heavy atom. The summed E-state index contributed by atoms with van der Waals surface area (Å²) in [6, 6.07) is 13.2. The van der Waals surface area contributed by atoms with Gasteiger partial charge in [0, 0.05) is 25.1 Å². The predicted molar refractivity (Wildman–Crippen MR) is 145 cm³/mol. The maximum atomic E-state index is 13.4. The largest absolute Gasteiger partial charge is 0.457 e. The van der Waals surface area contributed by atoms with Gasteiger partial charge in [0.1, 0.15) is 28.5 Å². The van der Waals surface area contributed by atoms with Gasteiger partial charge in [0.05, 0.1) is 23.0 Å². The Morgan fingerprint density at radius 1 is 1.17 bits per heavy atom. The monoisotopic (exact) mass is 560 g/mol. The summed E-state index contributed by atoms with van der Waals surface area (Å²) in [5.74, 6) is 0.170. The minimum Gasteiger partial charge on any atom is -0.457 e. The van der Waals surface area contributed by atoms with Gasteiger partial charge in [-0.05, 0) is 68.1 Å². The van der Waals surface area contributed by atoms with Gasteiger partial charge in [0.2, 0.25) is 0 Å². The van der Waals surface area contributed by atoms with Gasteiger partial charge in [-0.3, -0.25) is 9.48 Å². The molecule has 0 atom stereocenters. The van der Waals surface area contributed by atoms with Gasteiger partial charge < -0.3 is 19.9 Å². The topological polar surface area (TPSA) is 116 Å². The number of hydrogen-bond donors (Lipinski definition) is 2. The second-order valence-electron chi connectivity index (χ2n) is 9.70. The van der Waals surface area contributed by atoms with Crippen molar-refractivity contribution in [2.24, 2.45) is 0 Å². The number of anilines is 1. The van der Waals surface area contributed by atoms with Gasteiger partial charge in [-0.15, -0.1) is 0 Å². The van der Waals surface area contributed by atoms with E-state index in [0.29, 0.717) is 36.5 Å². The first-order chi connectivity index (χ1) is 19.8. The van der Waals surface area contributed by atoms with E-state index in [1.807, 2.05) is 13.0 Å². The highest BCUT2D eigenvalue weighted by molar-refractivity contribution is 6.09. The van der Waals surface area contributed by atoms with E-state index < -0.39 is 18.1 Å². The zero-order valence-corrected chi connectivity index (χ0v) is 22.0. The molecule has 0 aliphatic heterocycles. The lowest BCUT2D eigenvalue weighted by atomic mass is 9.75. The summed E-state index contributed by atoms with van der Waals surface area (Å²) in [4.78, 5) is 17.5. The lowest BCUT2D eigenvalue weighted by Gasteiger charge is -2.37. The molecule has 2 aromatic carbocycles. The van der Waals surface area contributed by atoms with Crippen LogP contribution in [-0.4, -0.2) is 42.0 Å². The van der Waals surface area contributed by atoms with Crippen molar-refractivity contribution in [2.75, 3.05) is 5.32 Å². The fourth-order valence-electron chi connectivity index (χ4n) is 4.79. The fraction of sp³-hybridized carbons (Fsp3) is 0.241. The summed E-state index contributed by atoms with van der Waals surface area (Å²) in [7, 11) is 0. The van der Waals surface area contributed by atoms with Crippen LogP contribution in [0.25, 0.3) is 16.9 Å². The molecular formula is C29H26F2N6O4. The zero-order chi connectivity index (χ0) is 28.6. The summed E-state index contributed by atoms with van der Waals surface area (Å²) >= 11 is 0. The average molecular weight is 561 g/mol. The number of amides is 1. The van der Waals surface area contributed by atoms with Crippen LogP contribution in [-0.2, 0) is 12.1 Å². The lowest BCUT2D eigenvalue weighted by Crippen LogP contribution is -2.33. The molecular weight excluding hydrogens is 534 g/mol. The molecule has 210 valence electrons. The molecule has 6 rings (SSSR count). The van der Waals surface area contributed by atoms with E-state index in [1.54, 1.807) is 47.5 Å². The number of carbonyl (C=O) groups is 1. The van der Waals surface area contributed by atoms with Gasteiger partial charge in [0.25, 0.3) is 5.91 Å². The first kappa shape index (κ1) is 26.4. The van der Waals surface area contributed by atoms with Gasteiger partial charge in [-0.2, -0.15) is 19.0 Å². The summed E-state index contributed by atoms with van der Waals surface area (Å²) in [5, 5.41) is 22.2. The number of aryl methyl sites for hydroxylation is 1. The van der Waals surface area contributed by atoms with Crippen LogP contribution in [0.2, 0.25) is 0 Å². The molecule has 41 heavy (non-hydrogen) atoms. The zero-order valence-electron chi connectivity index (χ0n) is 22.0. The number of rotatable bonds is 9. The number of alkyl halides is 2. The van der Waals surface area contributed by atoms with Crippen LogP contribution in [0.4, 0.5) is 14.5 Å². The molecule has 5 aromatic rings. The molecule has 1 amide bonds. The van der Waals surface area contributed by atoms with E-state index in [9.17, 15) is 18.7 Å². The van der Waals surface area contributed by atoms with E-state index in [1.165, 1.54) is 28.9 Å². The van der Waals surface area contributed by atoms with Crippen molar-refractivity contribution in [1.29, 1.82) is 0 Å². The number of aromatic nitrogens is 5. The van der Waals surface area contributed by atoms with E-state index >= 15 is 0 Å². The minimum atomic E-state index is -3.09. The van der Waals surface area contributed by atoms with Crippen LogP contribution in [0.5, 0.6) is 17.2 Å². The van der Waals surface area contributed by atoms with E-state index in [0.717, 1.165) is 12.0 Å². The highest BCUT2D eigenvalue weighted by Crippen LogP contribution is 2.43. The number of nitrogens with one attached hydrogen (secondary N) is 1. The molecule has 0 saturated heterocycles. The molecule has 3 aromatic heterocycles. The number of fused-ring (bicyclic) bond motifs is 1. The smallest absolute Gasteiger partial charge is 0.387 e. The number of hydrogen-bond acceptors (Lipinski definition) is 7. The first-order valence-corrected chi connectivity index (χ1v) is 13.1. The Labute approximate surface area is 233 Å². The molecule has 1 aliphatic carbocycles. The number of benzene rings is 2. The van der Waals surface area contributed by atoms with E-state index in [2.05, 4.69) is 20.5 Å². The highest BCUT2D eigenvalue weighted by atomic mass is 19.3. The standard InChI is InChI=1S/C29H26F2N6O4/c1-2-36-17-23(34-27(38)22-16-33-37-13-5-12-32-26(22)37)25(35-36)21-15-20(8-9-24(21)41-28(30)31)40-19-7-3-6-18(14-19)29(39)10-4-11-29/h3,5-9,12-17,28,39H,2,4,10-11H2,1H3,(H,34,38). The van der Waals surface area contributed by atoms with E-state index in [4.69, 9.17) is 9.47 Å². The van der Waals surface area contributed by atoms with Gasteiger partial charge >= 0.3 is 6.61 Å². The quantitative estimate of drug-likeness (QED) is 0.240. The third-order valence-electron chi connectivity index (χ3n) is 7.07. The van der Waals surface area contributed by atoms with Crippen LogP contribution in [0.3, 0.4) is 0 Å². The van der Waals surface area contributed by atoms with Gasteiger partial charge in [-0.1, -0.05) is 12.1 Å². The molecule has 0 unspecified atom stereocenters. The molecule has 3 heterocycles. The third kappa shape index (κ3) is 5.21. The number of carbonyl (C=O) groups excluding carboxylic acids is 1. The second-order valence-corrected chi connectivity index (χ2v) is 9.70.